The van der Waals surface area contributed by atoms with Crippen LogP contribution in [0.25, 0.3) is 0 Å². The molecule has 0 atom stereocenters. The van der Waals surface area contributed by atoms with E-state index in [0.29, 0.717) is 13.0 Å². The van der Waals surface area contributed by atoms with Crippen molar-refractivity contribution < 1.29 is 9.53 Å². The Balaban J connectivity index is 2.42. The molecule has 1 rings (SSSR count). The number of hydrogen-bond donors (Lipinski definition) is 0. The Morgan fingerprint density at radius 3 is 2.47 bits per heavy atom. The van der Waals surface area contributed by atoms with Crippen LogP contribution < -0.4 is 0 Å². The van der Waals surface area contributed by atoms with E-state index >= 15 is 0 Å². The Bertz CT molecular complexity index is 333. The van der Waals surface area contributed by atoms with E-state index in [1.165, 1.54) is 11.3 Å². The predicted octanol–water partition coefficient (Wildman–Crippen LogP) is 3.68. The maximum atomic E-state index is 11.4. The fourth-order valence-corrected chi connectivity index (χ4v) is 2.13. The molecule has 0 aliphatic carbocycles. The van der Waals surface area contributed by atoms with Gasteiger partial charge in [0.05, 0.1) is 13.0 Å². The maximum Gasteiger partial charge on any atom is 0.310 e. The smallest absolute Gasteiger partial charge is 0.310 e. The molecule has 0 amide bonds. The summed E-state index contributed by atoms with van der Waals surface area (Å²) in [5.41, 5.74) is 1.02. The minimum atomic E-state index is -0.138. The number of rotatable bonds is 7. The molecule has 0 fully saturated rings. The zero-order valence-corrected chi connectivity index (χ0v) is 11.4. The predicted molar refractivity (Wildman–Crippen MR) is 72.4 cm³/mol. The molecule has 2 nitrogen and oxygen atoms in total. The normalized spacial score (nSPS) is 10.2. The number of hydrogen-bond acceptors (Lipinski definition) is 3. The van der Waals surface area contributed by atoms with E-state index in [4.69, 9.17) is 4.74 Å². The minimum Gasteiger partial charge on any atom is -0.465 e. The lowest BCUT2D eigenvalue weighted by molar-refractivity contribution is -0.142. The van der Waals surface area contributed by atoms with Gasteiger partial charge in [-0.15, -0.1) is 11.8 Å². The fraction of sp³-hybridized carbons (Fsp3) is 0.500. The van der Waals surface area contributed by atoms with Crippen molar-refractivity contribution in [1.29, 1.82) is 0 Å². The van der Waals surface area contributed by atoms with Gasteiger partial charge in [0.25, 0.3) is 0 Å². The van der Waals surface area contributed by atoms with Gasteiger partial charge < -0.3 is 4.74 Å². The second kappa shape index (κ2) is 8.18. The Hall–Kier alpha value is -0.960. The first-order valence-electron chi connectivity index (χ1n) is 6.13. The van der Waals surface area contributed by atoms with E-state index in [0.717, 1.165) is 17.7 Å². The molecule has 0 aromatic heterocycles. The van der Waals surface area contributed by atoms with Crippen LogP contribution in [-0.2, 0) is 16.0 Å². The highest BCUT2D eigenvalue weighted by Gasteiger charge is 2.04. The summed E-state index contributed by atoms with van der Waals surface area (Å²) in [4.78, 5) is 12.7. The molecular formula is C14H20O2S. The number of carbonyl (C=O) groups excluding carboxylic acids is 1. The van der Waals surface area contributed by atoms with E-state index in [2.05, 4.69) is 19.1 Å². The molecule has 0 saturated heterocycles. The van der Waals surface area contributed by atoms with Gasteiger partial charge >= 0.3 is 5.97 Å². The molecule has 1 aromatic rings. The van der Waals surface area contributed by atoms with Gasteiger partial charge in [0.1, 0.15) is 0 Å². The number of ether oxygens (including phenoxy) is 1. The van der Waals surface area contributed by atoms with Crippen LogP contribution in [0.2, 0.25) is 0 Å². The SMILES string of the molecule is CCCOC(=O)Cc1ccc(SCCC)cc1. The van der Waals surface area contributed by atoms with Gasteiger partial charge in [-0.1, -0.05) is 26.0 Å². The van der Waals surface area contributed by atoms with E-state index in [1.54, 1.807) is 0 Å². The highest BCUT2D eigenvalue weighted by molar-refractivity contribution is 7.99. The van der Waals surface area contributed by atoms with Crippen molar-refractivity contribution in [2.24, 2.45) is 0 Å². The third-order valence-electron chi connectivity index (χ3n) is 2.21. The second-order valence-electron chi connectivity index (χ2n) is 3.89. The summed E-state index contributed by atoms with van der Waals surface area (Å²) in [6, 6.07) is 8.15. The van der Waals surface area contributed by atoms with Crippen molar-refractivity contribution >= 4 is 17.7 Å². The van der Waals surface area contributed by atoms with Gasteiger partial charge in [0.15, 0.2) is 0 Å². The van der Waals surface area contributed by atoms with Crippen molar-refractivity contribution in [1.82, 2.24) is 0 Å². The van der Waals surface area contributed by atoms with Crippen molar-refractivity contribution in [2.45, 2.75) is 38.0 Å². The molecule has 0 N–H and O–H groups in total. The quantitative estimate of drug-likeness (QED) is 0.547. The molecule has 17 heavy (non-hydrogen) atoms. The molecule has 0 aliphatic heterocycles. The molecule has 0 radical (unpaired) electrons. The highest BCUT2D eigenvalue weighted by atomic mass is 32.2. The van der Waals surface area contributed by atoms with Crippen LogP contribution in [0.15, 0.2) is 29.2 Å². The Kier molecular flexibility index (Phi) is 6.78. The van der Waals surface area contributed by atoms with Crippen LogP contribution in [0.5, 0.6) is 0 Å². The molecule has 0 aliphatic rings. The lowest BCUT2D eigenvalue weighted by Gasteiger charge is -2.04. The van der Waals surface area contributed by atoms with Gasteiger partial charge in [-0.3, -0.25) is 4.79 Å². The number of esters is 1. The summed E-state index contributed by atoms with van der Waals surface area (Å²) in [7, 11) is 0. The number of benzene rings is 1. The summed E-state index contributed by atoms with van der Waals surface area (Å²) in [6.45, 7) is 4.68. The standard InChI is InChI=1S/C14H20O2S/c1-3-9-16-14(15)11-12-5-7-13(8-6-12)17-10-4-2/h5-8H,3-4,9-11H2,1-2H3. The van der Waals surface area contributed by atoms with Crippen LogP contribution in [-0.4, -0.2) is 18.3 Å². The summed E-state index contributed by atoms with van der Waals surface area (Å²) in [5, 5.41) is 0. The lowest BCUT2D eigenvalue weighted by Crippen LogP contribution is -2.08. The highest BCUT2D eigenvalue weighted by Crippen LogP contribution is 2.19. The molecule has 3 heteroatoms. The molecule has 1 aromatic carbocycles. The summed E-state index contributed by atoms with van der Waals surface area (Å²) in [6.07, 6.45) is 2.42. The van der Waals surface area contributed by atoms with Crippen molar-refractivity contribution in [2.75, 3.05) is 12.4 Å². The molecule has 0 unspecified atom stereocenters. The average Bonchev–Trinajstić information content (AvgIpc) is 2.35. The number of thioether (sulfide) groups is 1. The van der Waals surface area contributed by atoms with Gasteiger partial charge in [0.2, 0.25) is 0 Å². The van der Waals surface area contributed by atoms with E-state index in [-0.39, 0.29) is 5.97 Å². The van der Waals surface area contributed by atoms with Crippen molar-refractivity contribution in [3.8, 4) is 0 Å². The van der Waals surface area contributed by atoms with Gasteiger partial charge in [-0.25, -0.2) is 0 Å². The molecule has 0 saturated carbocycles. The zero-order chi connectivity index (χ0) is 12.5. The summed E-state index contributed by atoms with van der Waals surface area (Å²) < 4.78 is 5.05. The van der Waals surface area contributed by atoms with Gasteiger partial charge in [-0.05, 0) is 36.3 Å². The van der Waals surface area contributed by atoms with Gasteiger partial charge in [0, 0.05) is 4.90 Å². The van der Waals surface area contributed by atoms with Crippen LogP contribution in [0.4, 0.5) is 0 Å². The maximum absolute atomic E-state index is 11.4. The number of carbonyl (C=O) groups is 1. The summed E-state index contributed by atoms with van der Waals surface area (Å²) in [5.74, 6) is 0.999. The second-order valence-corrected chi connectivity index (χ2v) is 5.06. The summed E-state index contributed by atoms with van der Waals surface area (Å²) >= 11 is 1.85. The Morgan fingerprint density at radius 1 is 1.18 bits per heavy atom. The molecule has 0 bridgehead atoms. The van der Waals surface area contributed by atoms with Crippen LogP contribution >= 0.6 is 11.8 Å². The van der Waals surface area contributed by atoms with Crippen LogP contribution in [0.1, 0.15) is 32.3 Å². The molecule has 0 spiro atoms. The molecular weight excluding hydrogens is 232 g/mol. The average molecular weight is 252 g/mol. The molecule has 94 valence electrons. The topological polar surface area (TPSA) is 26.3 Å². The van der Waals surface area contributed by atoms with E-state index < -0.39 is 0 Å². The minimum absolute atomic E-state index is 0.138. The Morgan fingerprint density at radius 2 is 1.88 bits per heavy atom. The first-order chi connectivity index (χ1) is 8.26. The lowest BCUT2D eigenvalue weighted by atomic mass is 10.1. The third-order valence-corrected chi connectivity index (χ3v) is 3.43. The van der Waals surface area contributed by atoms with Crippen molar-refractivity contribution in [3.63, 3.8) is 0 Å². The van der Waals surface area contributed by atoms with Crippen LogP contribution in [0.3, 0.4) is 0 Å². The van der Waals surface area contributed by atoms with E-state index in [1.807, 2.05) is 30.8 Å². The van der Waals surface area contributed by atoms with Gasteiger partial charge in [-0.2, -0.15) is 0 Å². The first-order valence-corrected chi connectivity index (χ1v) is 7.12. The molecule has 0 heterocycles. The monoisotopic (exact) mass is 252 g/mol. The third kappa shape index (κ3) is 5.78. The van der Waals surface area contributed by atoms with Crippen LogP contribution in [0, 0.1) is 0 Å². The Labute approximate surface area is 108 Å². The van der Waals surface area contributed by atoms with Crippen molar-refractivity contribution in [3.05, 3.63) is 29.8 Å². The van der Waals surface area contributed by atoms with E-state index in [9.17, 15) is 4.79 Å². The zero-order valence-electron chi connectivity index (χ0n) is 10.6. The first kappa shape index (κ1) is 14.1. The fourth-order valence-electron chi connectivity index (χ4n) is 1.36. The largest absolute Gasteiger partial charge is 0.465 e.